The summed E-state index contributed by atoms with van der Waals surface area (Å²) in [5.74, 6) is -0.0322. The fourth-order valence-corrected chi connectivity index (χ4v) is 4.59. The largest absolute Gasteiger partial charge is 0.309 e. The second kappa shape index (κ2) is 6.19. The van der Waals surface area contributed by atoms with Gasteiger partial charge in [-0.1, -0.05) is 6.07 Å². The van der Waals surface area contributed by atoms with Gasteiger partial charge in [0.2, 0.25) is 5.91 Å². The van der Waals surface area contributed by atoms with Crippen LogP contribution >= 0.6 is 0 Å². The molecular weight excluding hydrogens is 336 g/mol. The van der Waals surface area contributed by atoms with E-state index in [0.29, 0.717) is 12.1 Å². The third-order valence-electron chi connectivity index (χ3n) is 4.39. The molecule has 0 saturated heterocycles. The highest BCUT2D eigenvalue weighted by Gasteiger charge is 2.30. The van der Waals surface area contributed by atoms with Crippen LogP contribution in [0.25, 0.3) is 0 Å². The number of sulfonamides is 1. The fraction of sp³-hybridized carbons (Fsp3) is 0.316. The molecule has 2 aromatic carbocycles. The van der Waals surface area contributed by atoms with Gasteiger partial charge in [0.1, 0.15) is 0 Å². The Balaban J connectivity index is 1.94. The molecule has 6 heteroatoms. The van der Waals surface area contributed by atoms with Gasteiger partial charge in [0.25, 0.3) is 10.0 Å². The highest BCUT2D eigenvalue weighted by Crippen LogP contribution is 2.34. The zero-order chi connectivity index (χ0) is 18.4. The van der Waals surface area contributed by atoms with E-state index in [2.05, 4.69) is 4.72 Å². The second-order valence-corrected chi connectivity index (χ2v) is 8.40. The normalized spacial score (nSPS) is 16.6. The maximum Gasteiger partial charge on any atom is 0.261 e. The Labute approximate surface area is 148 Å². The monoisotopic (exact) mass is 358 g/mol. The van der Waals surface area contributed by atoms with E-state index in [4.69, 9.17) is 0 Å². The summed E-state index contributed by atoms with van der Waals surface area (Å²) in [6.07, 6.45) is 0.655. The SMILES string of the molecule is CC(=O)N1c2ccc(S(=O)(=O)Nc3cc(C)cc(C)c3)cc2C[C@H]1C. The molecule has 1 amide bonds. The lowest BCUT2D eigenvalue weighted by Gasteiger charge is -2.20. The van der Waals surface area contributed by atoms with Crippen molar-refractivity contribution in [3.8, 4) is 0 Å². The average molecular weight is 358 g/mol. The molecule has 132 valence electrons. The minimum Gasteiger partial charge on any atom is -0.309 e. The van der Waals surface area contributed by atoms with Crippen LogP contribution < -0.4 is 9.62 Å². The van der Waals surface area contributed by atoms with Gasteiger partial charge >= 0.3 is 0 Å². The molecule has 1 atom stereocenters. The molecule has 1 aliphatic heterocycles. The summed E-state index contributed by atoms with van der Waals surface area (Å²) in [7, 11) is -3.68. The van der Waals surface area contributed by atoms with Crippen molar-refractivity contribution in [3.05, 3.63) is 53.1 Å². The van der Waals surface area contributed by atoms with Crippen molar-refractivity contribution in [2.75, 3.05) is 9.62 Å². The third-order valence-corrected chi connectivity index (χ3v) is 5.77. The third kappa shape index (κ3) is 3.39. The molecule has 0 aromatic heterocycles. The highest BCUT2D eigenvalue weighted by molar-refractivity contribution is 7.92. The van der Waals surface area contributed by atoms with Gasteiger partial charge in [-0.15, -0.1) is 0 Å². The van der Waals surface area contributed by atoms with E-state index in [1.807, 2.05) is 26.8 Å². The van der Waals surface area contributed by atoms with Crippen LogP contribution in [0.15, 0.2) is 41.3 Å². The maximum absolute atomic E-state index is 12.7. The minimum absolute atomic E-state index is 0.0322. The first-order valence-electron chi connectivity index (χ1n) is 8.21. The van der Waals surface area contributed by atoms with Gasteiger partial charge in [-0.3, -0.25) is 9.52 Å². The molecule has 1 N–H and O–H groups in total. The van der Waals surface area contributed by atoms with Gasteiger partial charge in [-0.05, 0) is 74.2 Å². The molecule has 0 fully saturated rings. The first-order chi connectivity index (χ1) is 11.7. The van der Waals surface area contributed by atoms with Crippen molar-refractivity contribution in [2.45, 2.75) is 45.1 Å². The lowest BCUT2D eigenvalue weighted by atomic mass is 10.1. The lowest BCUT2D eigenvalue weighted by Crippen LogP contribution is -2.33. The number of rotatable bonds is 3. The molecule has 0 bridgehead atoms. The van der Waals surface area contributed by atoms with Crippen molar-refractivity contribution >= 4 is 27.3 Å². The van der Waals surface area contributed by atoms with Crippen molar-refractivity contribution in [3.63, 3.8) is 0 Å². The molecule has 0 spiro atoms. The summed E-state index contributed by atoms with van der Waals surface area (Å²) in [5.41, 5.74) is 4.23. The second-order valence-electron chi connectivity index (χ2n) is 6.71. The Bertz CT molecular complexity index is 931. The number of nitrogens with zero attached hydrogens (tertiary/aromatic N) is 1. The standard InChI is InChI=1S/C19H22N2O3S/c1-12-7-13(2)9-17(8-12)20-25(23,24)18-5-6-19-16(11-18)10-14(3)21(19)15(4)22/h5-9,11,14,20H,10H2,1-4H3/t14-/m1/s1. The zero-order valence-corrected chi connectivity index (χ0v) is 15.6. The van der Waals surface area contributed by atoms with Crippen LogP contribution in [-0.4, -0.2) is 20.4 Å². The van der Waals surface area contributed by atoms with Crippen LogP contribution in [0.5, 0.6) is 0 Å². The Morgan fingerprint density at radius 1 is 1.12 bits per heavy atom. The lowest BCUT2D eigenvalue weighted by molar-refractivity contribution is -0.116. The maximum atomic E-state index is 12.7. The number of anilines is 2. The Kier molecular flexibility index (Phi) is 4.33. The van der Waals surface area contributed by atoms with Crippen LogP contribution in [-0.2, 0) is 21.2 Å². The number of hydrogen-bond donors (Lipinski definition) is 1. The molecule has 1 aliphatic rings. The number of hydrogen-bond acceptors (Lipinski definition) is 3. The Morgan fingerprint density at radius 2 is 1.76 bits per heavy atom. The molecule has 0 unspecified atom stereocenters. The summed E-state index contributed by atoms with van der Waals surface area (Å²) in [4.78, 5) is 13.7. The van der Waals surface area contributed by atoms with Crippen LogP contribution in [0.3, 0.4) is 0 Å². The minimum atomic E-state index is -3.68. The number of fused-ring (bicyclic) bond motifs is 1. The molecule has 0 aliphatic carbocycles. The number of carbonyl (C=O) groups is 1. The fourth-order valence-electron chi connectivity index (χ4n) is 3.50. The molecule has 2 aromatic rings. The van der Waals surface area contributed by atoms with E-state index in [0.717, 1.165) is 22.4 Å². The molecular formula is C19H22N2O3S. The molecule has 25 heavy (non-hydrogen) atoms. The van der Waals surface area contributed by atoms with E-state index in [9.17, 15) is 13.2 Å². The van der Waals surface area contributed by atoms with E-state index in [1.165, 1.54) is 6.92 Å². The zero-order valence-electron chi connectivity index (χ0n) is 14.8. The van der Waals surface area contributed by atoms with Crippen LogP contribution in [0.1, 0.15) is 30.5 Å². The molecule has 3 rings (SSSR count). The van der Waals surface area contributed by atoms with E-state index in [-0.39, 0.29) is 16.8 Å². The Morgan fingerprint density at radius 3 is 2.36 bits per heavy atom. The van der Waals surface area contributed by atoms with Crippen LogP contribution in [0, 0.1) is 13.8 Å². The summed E-state index contributed by atoms with van der Waals surface area (Å²) in [6.45, 7) is 7.34. The van der Waals surface area contributed by atoms with Crippen molar-refractivity contribution in [1.82, 2.24) is 0 Å². The summed E-state index contributed by atoms with van der Waals surface area (Å²) in [5, 5.41) is 0. The first-order valence-corrected chi connectivity index (χ1v) is 9.69. The summed E-state index contributed by atoms with van der Waals surface area (Å²) >= 11 is 0. The molecule has 5 nitrogen and oxygen atoms in total. The van der Waals surface area contributed by atoms with E-state index in [1.54, 1.807) is 35.2 Å². The Hall–Kier alpha value is -2.34. The number of amides is 1. The average Bonchev–Trinajstić information content (AvgIpc) is 2.80. The van der Waals surface area contributed by atoms with E-state index < -0.39 is 10.0 Å². The topological polar surface area (TPSA) is 66.5 Å². The van der Waals surface area contributed by atoms with E-state index >= 15 is 0 Å². The first kappa shape index (κ1) is 17.5. The smallest absolute Gasteiger partial charge is 0.261 e. The number of carbonyl (C=O) groups excluding carboxylic acids is 1. The molecule has 1 heterocycles. The predicted molar refractivity (Wildman–Crippen MR) is 99.5 cm³/mol. The number of aryl methyl sites for hydroxylation is 2. The van der Waals surface area contributed by atoms with Gasteiger partial charge in [-0.2, -0.15) is 0 Å². The van der Waals surface area contributed by atoms with Crippen LogP contribution in [0.2, 0.25) is 0 Å². The van der Waals surface area contributed by atoms with Gasteiger partial charge in [-0.25, -0.2) is 8.42 Å². The molecule has 0 radical (unpaired) electrons. The number of nitrogens with one attached hydrogen (secondary N) is 1. The van der Waals surface area contributed by atoms with Crippen molar-refractivity contribution in [2.24, 2.45) is 0 Å². The predicted octanol–water partition coefficient (Wildman–Crippen LogP) is 3.40. The van der Waals surface area contributed by atoms with Crippen molar-refractivity contribution in [1.29, 1.82) is 0 Å². The number of benzene rings is 2. The molecule has 0 saturated carbocycles. The van der Waals surface area contributed by atoms with Gasteiger partial charge < -0.3 is 4.90 Å². The van der Waals surface area contributed by atoms with Gasteiger partial charge in [0, 0.05) is 24.3 Å². The van der Waals surface area contributed by atoms with Crippen LogP contribution in [0.4, 0.5) is 11.4 Å². The van der Waals surface area contributed by atoms with Crippen molar-refractivity contribution < 1.29 is 13.2 Å². The highest BCUT2D eigenvalue weighted by atomic mass is 32.2. The van der Waals surface area contributed by atoms with Gasteiger partial charge in [0.05, 0.1) is 4.90 Å². The quantitative estimate of drug-likeness (QED) is 0.914. The summed E-state index contributed by atoms with van der Waals surface area (Å²) < 4.78 is 28.1. The van der Waals surface area contributed by atoms with Gasteiger partial charge in [0.15, 0.2) is 0 Å². The summed E-state index contributed by atoms with van der Waals surface area (Å²) in [6, 6.07) is 10.6.